The quantitative estimate of drug-likeness (QED) is 0.796. The van der Waals surface area contributed by atoms with Gasteiger partial charge < -0.3 is 15.2 Å². The number of nitrogens with two attached hydrogens (primary N) is 1. The van der Waals surface area contributed by atoms with Crippen LogP contribution in [-0.4, -0.2) is 12.6 Å². The molecule has 0 saturated carbocycles. The molecule has 1 spiro atoms. The third-order valence-corrected chi connectivity index (χ3v) is 4.41. The van der Waals surface area contributed by atoms with Crippen molar-refractivity contribution in [2.24, 2.45) is 10.7 Å². The van der Waals surface area contributed by atoms with Crippen LogP contribution in [0.15, 0.2) is 45.9 Å². The predicted molar refractivity (Wildman–Crippen MR) is 83.7 cm³/mol. The van der Waals surface area contributed by atoms with Gasteiger partial charge in [0.25, 0.3) is 6.02 Å². The second-order valence-electron chi connectivity index (χ2n) is 5.34. The second kappa shape index (κ2) is 4.24. The average Bonchev–Trinajstić information content (AvgIpc) is 2.83. The Labute approximate surface area is 130 Å². The van der Waals surface area contributed by atoms with E-state index in [1.54, 1.807) is 0 Å². The summed E-state index contributed by atoms with van der Waals surface area (Å²) in [5, 5.41) is 0. The molecule has 0 fully saturated rings. The molecule has 0 bridgehead atoms. The van der Waals surface area contributed by atoms with Gasteiger partial charge in [-0.1, -0.05) is 28.1 Å². The molecule has 0 saturated heterocycles. The highest BCUT2D eigenvalue weighted by Crippen LogP contribution is 2.51. The first-order valence-corrected chi connectivity index (χ1v) is 7.45. The number of nitrogens with zero attached hydrogens (tertiary/aromatic N) is 1. The van der Waals surface area contributed by atoms with Crippen molar-refractivity contribution in [2.75, 3.05) is 6.61 Å². The molecule has 0 aromatic heterocycles. The molecule has 4 nitrogen and oxygen atoms in total. The number of hydrogen-bond donors (Lipinski definition) is 1. The van der Waals surface area contributed by atoms with E-state index in [1.165, 1.54) is 0 Å². The molecule has 1 atom stereocenters. The Bertz CT molecular complexity index is 788. The summed E-state index contributed by atoms with van der Waals surface area (Å²) in [6.45, 7) is 2.43. The first-order chi connectivity index (χ1) is 10.1. The maximum atomic E-state index is 6.05. The Balaban J connectivity index is 2.04. The van der Waals surface area contributed by atoms with Gasteiger partial charge in [0, 0.05) is 15.6 Å². The molecule has 4 rings (SSSR count). The lowest BCUT2D eigenvalue weighted by atomic mass is 9.81. The fourth-order valence-electron chi connectivity index (χ4n) is 2.94. The van der Waals surface area contributed by atoms with Crippen molar-refractivity contribution < 1.29 is 9.47 Å². The Morgan fingerprint density at radius 3 is 2.76 bits per heavy atom. The zero-order valence-electron chi connectivity index (χ0n) is 11.4. The van der Waals surface area contributed by atoms with Crippen LogP contribution in [0, 0.1) is 6.92 Å². The number of halogens is 1. The Kier molecular flexibility index (Phi) is 2.57. The molecule has 2 aliphatic rings. The molecule has 2 heterocycles. The van der Waals surface area contributed by atoms with Gasteiger partial charge in [0.05, 0.1) is 0 Å². The first-order valence-electron chi connectivity index (χ1n) is 6.66. The third-order valence-electron chi connectivity index (χ3n) is 3.92. The minimum absolute atomic E-state index is 0.217. The summed E-state index contributed by atoms with van der Waals surface area (Å²) >= 11 is 3.51. The van der Waals surface area contributed by atoms with Gasteiger partial charge in [-0.3, -0.25) is 0 Å². The van der Waals surface area contributed by atoms with E-state index < -0.39 is 5.54 Å². The van der Waals surface area contributed by atoms with Gasteiger partial charge in [-0.15, -0.1) is 0 Å². The fraction of sp³-hybridized carbons (Fsp3) is 0.188. The number of hydrogen-bond acceptors (Lipinski definition) is 4. The van der Waals surface area contributed by atoms with Crippen LogP contribution in [0.2, 0.25) is 0 Å². The van der Waals surface area contributed by atoms with E-state index in [4.69, 9.17) is 15.2 Å². The van der Waals surface area contributed by atoms with E-state index in [0.717, 1.165) is 32.7 Å². The van der Waals surface area contributed by atoms with Crippen molar-refractivity contribution in [3.05, 3.63) is 57.6 Å². The van der Waals surface area contributed by atoms with Crippen molar-refractivity contribution in [3.8, 4) is 11.5 Å². The maximum Gasteiger partial charge on any atom is 0.283 e. The summed E-state index contributed by atoms with van der Waals surface area (Å²) in [7, 11) is 0. The fourth-order valence-corrected chi connectivity index (χ4v) is 3.30. The molecule has 21 heavy (non-hydrogen) atoms. The molecule has 2 aromatic carbocycles. The average molecular weight is 345 g/mol. The van der Waals surface area contributed by atoms with Gasteiger partial charge in [-0.05, 0) is 36.8 Å². The molecule has 2 aliphatic heterocycles. The highest BCUT2D eigenvalue weighted by molar-refractivity contribution is 9.10. The van der Waals surface area contributed by atoms with Gasteiger partial charge in [-0.25, -0.2) is 4.99 Å². The lowest BCUT2D eigenvalue weighted by Gasteiger charge is -2.33. The molecule has 0 amide bonds. The molecule has 2 aromatic rings. The van der Waals surface area contributed by atoms with E-state index in [0.29, 0.717) is 6.61 Å². The van der Waals surface area contributed by atoms with E-state index in [2.05, 4.69) is 27.0 Å². The molecule has 2 N–H and O–H groups in total. The largest absolute Gasteiger partial charge is 0.462 e. The van der Waals surface area contributed by atoms with Gasteiger partial charge in [-0.2, -0.15) is 0 Å². The minimum atomic E-state index is -0.621. The van der Waals surface area contributed by atoms with Gasteiger partial charge >= 0.3 is 0 Å². The number of amidine groups is 1. The van der Waals surface area contributed by atoms with Crippen LogP contribution in [-0.2, 0) is 10.3 Å². The van der Waals surface area contributed by atoms with Crippen molar-refractivity contribution in [1.82, 2.24) is 0 Å². The highest BCUT2D eigenvalue weighted by Gasteiger charge is 2.46. The number of aryl methyl sites for hydroxylation is 1. The molecule has 5 heteroatoms. The summed E-state index contributed by atoms with van der Waals surface area (Å²) in [4.78, 5) is 4.60. The van der Waals surface area contributed by atoms with Crippen LogP contribution < -0.4 is 10.5 Å². The van der Waals surface area contributed by atoms with Crippen LogP contribution in [0.25, 0.3) is 0 Å². The van der Waals surface area contributed by atoms with E-state index in [-0.39, 0.29) is 6.02 Å². The summed E-state index contributed by atoms with van der Waals surface area (Å²) in [6, 6.07) is 12.2. The summed E-state index contributed by atoms with van der Waals surface area (Å²) < 4.78 is 12.5. The zero-order chi connectivity index (χ0) is 14.6. The van der Waals surface area contributed by atoms with Crippen molar-refractivity contribution in [3.63, 3.8) is 0 Å². The lowest BCUT2D eigenvalue weighted by Crippen LogP contribution is -2.31. The highest BCUT2D eigenvalue weighted by atomic mass is 79.9. The van der Waals surface area contributed by atoms with Gasteiger partial charge in [0.15, 0.2) is 5.54 Å². The minimum Gasteiger partial charge on any atom is -0.462 e. The van der Waals surface area contributed by atoms with Gasteiger partial charge in [0.1, 0.15) is 18.1 Å². The zero-order valence-corrected chi connectivity index (χ0v) is 13.0. The third kappa shape index (κ3) is 1.77. The smallest absolute Gasteiger partial charge is 0.283 e. The Morgan fingerprint density at radius 1 is 1.14 bits per heavy atom. The molecule has 1 unspecified atom stereocenters. The lowest BCUT2D eigenvalue weighted by molar-refractivity contribution is 0.264. The molecule has 0 aliphatic carbocycles. The van der Waals surface area contributed by atoms with Crippen LogP contribution >= 0.6 is 15.9 Å². The second-order valence-corrected chi connectivity index (χ2v) is 6.26. The molecule has 106 valence electrons. The summed E-state index contributed by atoms with van der Waals surface area (Å²) in [5.41, 5.74) is 8.27. The Hall–Kier alpha value is -2.01. The number of aliphatic imine (C=N–C) groups is 1. The van der Waals surface area contributed by atoms with Crippen LogP contribution in [0.5, 0.6) is 11.5 Å². The van der Waals surface area contributed by atoms with E-state index in [1.807, 2.05) is 37.3 Å². The monoisotopic (exact) mass is 344 g/mol. The van der Waals surface area contributed by atoms with Crippen LogP contribution in [0.1, 0.15) is 16.7 Å². The van der Waals surface area contributed by atoms with Crippen molar-refractivity contribution in [2.45, 2.75) is 12.5 Å². The topological polar surface area (TPSA) is 56.8 Å². The maximum absolute atomic E-state index is 6.05. The summed E-state index contributed by atoms with van der Waals surface area (Å²) in [6.07, 6.45) is 0. The Morgan fingerprint density at radius 2 is 2.00 bits per heavy atom. The number of benzene rings is 2. The molecular weight excluding hydrogens is 332 g/mol. The predicted octanol–water partition coefficient (Wildman–Crippen LogP) is 3.45. The standard InChI is InChI=1S/C16H13BrN2O2/c1-9-2-4-11-14(6-9)21-13-5-3-10(17)7-12(13)16(11)8-20-15(18)19-16/h2-7H,8H2,1H3,(H2,18,19). The van der Waals surface area contributed by atoms with E-state index in [9.17, 15) is 0 Å². The van der Waals surface area contributed by atoms with Crippen LogP contribution in [0.3, 0.4) is 0 Å². The number of rotatable bonds is 0. The first kappa shape index (κ1) is 12.7. The van der Waals surface area contributed by atoms with Crippen molar-refractivity contribution in [1.29, 1.82) is 0 Å². The SMILES string of the molecule is Cc1ccc2c(c1)Oc1ccc(Br)cc1C21COC(N)=N1. The number of fused-ring (bicyclic) bond motifs is 4. The number of ether oxygens (including phenoxy) is 2. The normalized spacial score (nSPS) is 22.1. The van der Waals surface area contributed by atoms with E-state index >= 15 is 0 Å². The van der Waals surface area contributed by atoms with Gasteiger partial charge in [0.2, 0.25) is 0 Å². The van der Waals surface area contributed by atoms with Crippen LogP contribution in [0.4, 0.5) is 0 Å². The summed E-state index contributed by atoms with van der Waals surface area (Å²) in [5.74, 6) is 1.60. The van der Waals surface area contributed by atoms with Crippen molar-refractivity contribution >= 4 is 22.0 Å². The molecule has 0 radical (unpaired) electrons. The molecular formula is C16H13BrN2O2.